The number of aryl methyl sites for hydroxylation is 1. The minimum Gasteiger partial charge on any atom is -0.371 e. The van der Waals surface area contributed by atoms with Crippen LogP contribution in [0.3, 0.4) is 0 Å². The molecule has 0 bridgehead atoms. The van der Waals surface area contributed by atoms with Crippen LogP contribution in [0.4, 0.5) is 0 Å². The van der Waals surface area contributed by atoms with E-state index in [1.807, 2.05) is 20.9 Å². The van der Waals surface area contributed by atoms with Gasteiger partial charge in [0.05, 0.1) is 6.10 Å². The molecule has 12 heavy (non-hydrogen) atoms. The minimum atomic E-state index is 0.217. The average Bonchev–Trinajstić information content (AvgIpc) is 2.28. The monoisotopic (exact) mass is 187 g/mol. The molecule has 0 aliphatic carbocycles. The van der Waals surface area contributed by atoms with Crippen molar-refractivity contribution < 1.29 is 4.74 Å². The Labute approximate surface area is 76.6 Å². The maximum Gasteiger partial charge on any atom is 0.215 e. The normalized spacial score (nSPS) is 11.0. The molecule has 1 aromatic rings. The fourth-order valence-corrected chi connectivity index (χ4v) is 0.923. The Hall–Kier alpha value is -0.680. The second-order valence-electron chi connectivity index (χ2n) is 2.87. The minimum absolute atomic E-state index is 0.217. The Morgan fingerprint density at radius 1 is 1.67 bits per heavy atom. The summed E-state index contributed by atoms with van der Waals surface area (Å²) >= 11 is 4.92. The summed E-state index contributed by atoms with van der Waals surface area (Å²) in [7, 11) is 1.83. The number of hydrogen-bond acceptors (Lipinski definition) is 3. The van der Waals surface area contributed by atoms with Crippen molar-refractivity contribution in [1.82, 2.24) is 14.8 Å². The van der Waals surface area contributed by atoms with E-state index in [0.717, 1.165) is 5.82 Å². The maximum atomic E-state index is 5.34. The first kappa shape index (κ1) is 9.41. The van der Waals surface area contributed by atoms with Crippen molar-refractivity contribution in [3.05, 3.63) is 10.6 Å². The van der Waals surface area contributed by atoms with E-state index in [-0.39, 0.29) is 6.10 Å². The molecule has 0 spiro atoms. The molecule has 5 heteroatoms. The summed E-state index contributed by atoms with van der Waals surface area (Å²) in [5, 5.41) is 2.98. The zero-order chi connectivity index (χ0) is 9.14. The molecule has 0 amide bonds. The van der Waals surface area contributed by atoms with Crippen LogP contribution >= 0.6 is 12.2 Å². The first-order valence-corrected chi connectivity index (χ1v) is 4.24. The van der Waals surface area contributed by atoms with Crippen molar-refractivity contribution in [2.24, 2.45) is 7.05 Å². The van der Waals surface area contributed by atoms with Crippen LogP contribution in [0.15, 0.2) is 0 Å². The van der Waals surface area contributed by atoms with E-state index in [0.29, 0.717) is 11.4 Å². The number of nitrogens with one attached hydrogen (secondary N) is 1. The lowest BCUT2D eigenvalue weighted by atomic mass is 10.5. The largest absolute Gasteiger partial charge is 0.371 e. The molecule has 0 saturated heterocycles. The molecule has 1 N–H and O–H groups in total. The van der Waals surface area contributed by atoms with Crippen LogP contribution in [0.2, 0.25) is 0 Å². The molecule has 0 atom stereocenters. The predicted octanol–water partition coefficient (Wildman–Crippen LogP) is 1.40. The summed E-state index contributed by atoms with van der Waals surface area (Å²) in [5.74, 6) is 0.774. The van der Waals surface area contributed by atoms with Crippen molar-refractivity contribution in [2.75, 3.05) is 0 Å². The van der Waals surface area contributed by atoms with Gasteiger partial charge in [0, 0.05) is 7.05 Å². The Bertz CT molecular complexity index is 302. The average molecular weight is 187 g/mol. The quantitative estimate of drug-likeness (QED) is 0.727. The first-order valence-electron chi connectivity index (χ1n) is 3.83. The fraction of sp³-hybridized carbons (Fsp3) is 0.714. The van der Waals surface area contributed by atoms with Gasteiger partial charge in [-0.3, -0.25) is 9.78 Å². The van der Waals surface area contributed by atoms with Crippen molar-refractivity contribution in [3.8, 4) is 0 Å². The number of aromatic nitrogens is 3. The third-order valence-electron chi connectivity index (χ3n) is 1.37. The summed E-state index contributed by atoms with van der Waals surface area (Å²) in [6.45, 7) is 4.46. The van der Waals surface area contributed by atoms with E-state index < -0.39 is 0 Å². The molecule has 0 radical (unpaired) electrons. The van der Waals surface area contributed by atoms with Gasteiger partial charge in [0.2, 0.25) is 4.77 Å². The topological polar surface area (TPSA) is 42.8 Å². The smallest absolute Gasteiger partial charge is 0.215 e. The second kappa shape index (κ2) is 3.82. The molecule has 0 unspecified atom stereocenters. The summed E-state index contributed by atoms with van der Waals surface area (Å²) < 4.78 is 7.58. The Morgan fingerprint density at radius 2 is 2.33 bits per heavy atom. The zero-order valence-corrected chi connectivity index (χ0v) is 8.31. The van der Waals surface area contributed by atoms with Gasteiger partial charge in [0.15, 0.2) is 0 Å². The van der Waals surface area contributed by atoms with Gasteiger partial charge in [0.25, 0.3) is 0 Å². The molecule has 68 valence electrons. The third-order valence-corrected chi connectivity index (χ3v) is 1.73. The molecule has 1 rings (SSSR count). The highest BCUT2D eigenvalue weighted by Gasteiger charge is 2.00. The van der Waals surface area contributed by atoms with Crippen LogP contribution < -0.4 is 0 Å². The highest BCUT2D eigenvalue weighted by atomic mass is 32.1. The van der Waals surface area contributed by atoms with Crippen LogP contribution in [-0.4, -0.2) is 20.9 Å². The molecule has 0 aromatic carbocycles. The highest BCUT2D eigenvalue weighted by molar-refractivity contribution is 7.71. The number of H-pyrrole nitrogens is 1. The highest BCUT2D eigenvalue weighted by Crippen LogP contribution is 1.97. The third kappa shape index (κ3) is 2.42. The van der Waals surface area contributed by atoms with Gasteiger partial charge in [-0.05, 0) is 26.1 Å². The number of hydrogen-bond donors (Lipinski definition) is 1. The van der Waals surface area contributed by atoms with Gasteiger partial charge in [-0.15, -0.1) is 0 Å². The van der Waals surface area contributed by atoms with Gasteiger partial charge >= 0.3 is 0 Å². The first-order chi connectivity index (χ1) is 5.59. The van der Waals surface area contributed by atoms with Crippen molar-refractivity contribution in [3.63, 3.8) is 0 Å². The number of nitrogens with zero attached hydrogens (tertiary/aromatic N) is 2. The lowest BCUT2D eigenvalue weighted by molar-refractivity contribution is 0.0612. The fourth-order valence-electron chi connectivity index (χ4n) is 0.767. The van der Waals surface area contributed by atoms with Crippen LogP contribution in [-0.2, 0) is 18.4 Å². The van der Waals surface area contributed by atoms with Gasteiger partial charge < -0.3 is 4.74 Å². The number of aromatic amines is 1. The Kier molecular flexibility index (Phi) is 2.99. The van der Waals surface area contributed by atoms with Gasteiger partial charge in [-0.1, -0.05) is 0 Å². The van der Waals surface area contributed by atoms with Gasteiger partial charge in [0.1, 0.15) is 12.4 Å². The summed E-state index contributed by atoms with van der Waals surface area (Å²) in [6, 6.07) is 0. The van der Waals surface area contributed by atoms with Crippen molar-refractivity contribution >= 4 is 12.2 Å². The molecule has 4 nitrogen and oxygen atoms in total. The van der Waals surface area contributed by atoms with Crippen molar-refractivity contribution in [2.45, 2.75) is 26.6 Å². The van der Waals surface area contributed by atoms with Crippen LogP contribution in [0.25, 0.3) is 0 Å². The zero-order valence-electron chi connectivity index (χ0n) is 7.50. The maximum absolute atomic E-state index is 5.34. The van der Waals surface area contributed by atoms with E-state index in [4.69, 9.17) is 17.0 Å². The molecule has 1 aromatic heterocycles. The number of ether oxygens (including phenoxy) is 1. The van der Waals surface area contributed by atoms with E-state index in [9.17, 15) is 0 Å². The van der Waals surface area contributed by atoms with Crippen LogP contribution in [0.5, 0.6) is 0 Å². The van der Waals surface area contributed by atoms with E-state index >= 15 is 0 Å². The SMILES string of the molecule is CC(C)OCc1nc(=S)n(C)[nH]1. The van der Waals surface area contributed by atoms with Gasteiger partial charge in [-0.2, -0.15) is 0 Å². The number of rotatable bonds is 3. The van der Waals surface area contributed by atoms with E-state index in [1.54, 1.807) is 4.68 Å². The van der Waals surface area contributed by atoms with Crippen molar-refractivity contribution in [1.29, 1.82) is 0 Å². The molecule has 0 fully saturated rings. The van der Waals surface area contributed by atoms with Gasteiger partial charge in [-0.25, -0.2) is 4.98 Å². The molecular formula is C7H13N3OS. The molecule has 1 heterocycles. The predicted molar refractivity (Wildman–Crippen MR) is 48.3 cm³/mol. The van der Waals surface area contributed by atoms with E-state index in [2.05, 4.69) is 10.1 Å². The summed E-state index contributed by atoms with van der Waals surface area (Å²) in [4.78, 5) is 4.08. The van der Waals surface area contributed by atoms with E-state index in [1.165, 1.54) is 0 Å². The summed E-state index contributed by atoms with van der Waals surface area (Å²) in [6.07, 6.45) is 0.217. The Balaban J connectivity index is 2.59. The molecule has 0 aliphatic rings. The Morgan fingerprint density at radius 3 is 2.75 bits per heavy atom. The van der Waals surface area contributed by atoms with Crippen LogP contribution in [0.1, 0.15) is 19.7 Å². The lowest BCUT2D eigenvalue weighted by Crippen LogP contribution is -2.03. The standard InChI is InChI=1S/C7H13N3OS/c1-5(2)11-4-6-8-7(12)10(3)9-6/h5H,4H2,1-3H3,(H,8,9,12). The van der Waals surface area contributed by atoms with Crippen LogP contribution in [0, 0.1) is 4.77 Å². The molecule has 0 aliphatic heterocycles. The summed E-state index contributed by atoms with van der Waals surface area (Å²) in [5.41, 5.74) is 0. The molecular weight excluding hydrogens is 174 g/mol. The second-order valence-corrected chi connectivity index (χ2v) is 3.24. The molecule has 0 saturated carbocycles. The lowest BCUT2D eigenvalue weighted by Gasteiger charge is -2.03.